The zero-order chi connectivity index (χ0) is 35.0. The van der Waals surface area contributed by atoms with Crippen molar-refractivity contribution < 1.29 is 27.4 Å². The Balaban J connectivity index is 1.24. The average Bonchev–Trinajstić information content (AvgIpc) is 3.76. The van der Waals surface area contributed by atoms with Crippen LogP contribution in [-0.4, -0.2) is 84.0 Å². The summed E-state index contributed by atoms with van der Waals surface area (Å²) in [5, 5.41) is 0.907. The van der Waals surface area contributed by atoms with Gasteiger partial charge in [-0.3, -0.25) is 19.7 Å². The summed E-state index contributed by atoms with van der Waals surface area (Å²) in [6.45, 7) is 0.235. The minimum atomic E-state index is -4.79. The third-order valence-electron chi connectivity index (χ3n) is 9.13. The quantitative estimate of drug-likeness (QED) is 0.205. The summed E-state index contributed by atoms with van der Waals surface area (Å²) in [4.78, 5) is 43.1. The highest BCUT2D eigenvalue weighted by molar-refractivity contribution is 5.86. The molecule has 2 aromatic carbocycles. The van der Waals surface area contributed by atoms with Crippen molar-refractivity contribution in [3.05, 3.63) is 90.7 Å². The number of fused-ring (bicyclic) bond motifs is 2. The Labute approximate surface area is 284 Å². The number of ether oxygens (including phenoxy) is 2. The number of alkyl halides is 3. The molecule has 0 radical (unpaired) electrons. The third kappa shape index (κ3) is 6.43. The largest absolute Gasteiger partial charge is 0.497 e. The fourth-order valence-electron chi connectivity index (χ4n) is 6.62. The van der Waals surface area contributed by atoms with Crippen LogP contribution in [-0.2, 0) is 24.1 Å². The van der Waals surface area contributed by atoms with Gasteiger partial charge in [-0.2, -0.15) is 13.2 Å². The first-order valence-electron chi connectivity index (χ1n) is 16.0. The predicted octanol–water partition coefficient (Wildman–Crippen LogP) is 5.66. The van der Waals surface area contributed by atoms with Crippen molar-refractivity contribution in [2.75, 3.05) is 27.8 Å². The van der Waals surface area contributed by atoms with E-state index in [1.165, 1.54) is 25.3 Å². The van der Waals surface area contributed by atoms with Gasteiger partial charge in [-0.1, -0.05) is 18.2 Å². The van der Waals surface area contributed by atoms with Gasteiger partial charge < -0.3 is 23.9 Å². The number of hydrogen-bond acceptors (Lipinski definition) is 9. The van der Waals surface area contributed by atoms with Gasteiger partial charge in [0.2, 0.25) is 17.6 Å². The molecular formula is C35H34F3N9O3. The van der Waals surface area contributed by atoms with E-state index in [2.05, 4.69) is 29.8 Å². The number of likely N-dealkylation sites (tertiary alicyclic amines) is 1. The van der Waals surface area contributed by atoms with E-state index in [9.17, 15) is 18.0 Å². The minimum Gasteiger partial charge on any atom is -0.497 e. The smallest absolute Gasteiger partial charge is 0.449 e. The van der Waals surface area contributed by atoms with Gasteiger partial charge in [-0.25, -0.2) is 15.0 Å². The van der Waals surface area contributed by atoms with Crippen LogP contribution in [0.5, 0.6) is 11.6 Å². The standard InChI is InChI=1S/C35H34F3N9O3/c1-45(19-22-17-39-11-12-40-22)23-10-13-46(31(48)20-47-29-16-24(49-2)8-9-27(29)44-34(47)35(36,37)38)30(15-23)32-41-18-28(42-32)25-14-21-6-4-5-7-26(21)43-33(25)50-3/h4-9,11-12,14,16-18,23,30H,10,13,15,19-20H2,1-3H3,(H,41,42)/t23?,30-/m0/s1. The van der Waals surface area contributed by atoms with Gasteiger partial charge in [0.05, 0.1) is 60.0 Å². The monoisotopic (exact) mass is 685 g/mol. The molecule has 0 spiro atoms. The van der Waals surface area contributed by atoms with Crippen molar-refractivity contribution in [1.29, 1.82) is 0 Å². The lowest BCUT2D eigenvalue weighted by molar-refractivity contribution is -0.148. The number of imidazole rings is 2. The molecule has 1 N–H and O–H groups in total. The zero-order valence-electron chi connectivity index (χ0n) is 27.6. The molecule has 6 aromatic rings. The molecule has 1 aliphatic rings. The number of rotatable bonds is 9. The van der Waals surface area contributed by atoms with Gasteiger partial charge in [-0.15, -0.1) is 0 Å². The number of para-hydroxylation sites is 1. The molecule has 1 amide bonds. The van der Waals surface area contributed by atoms with E-state index in [1.807, 2.05) is 37.4 Å². The first-order valence-corrected chi connectivity index (χ1v) is 16.0. The summed E-state index contributed by atoms with van der Waals surface area (Å²) in [6.07, 6.45) is 2.88. The number of benzene rings is 2. The molecule has 1 fully saturated rings. The number of aromatic nitrogens is 7. The molecule has 0 aliphatic carbocycles. The molecule has 15 heteroatoms. The number of hydrogen-bond donors (Lipinski definition) is 1. The second-order valence-corrected chi connectivity index (χ2v) is 12.2. The number of nitrogens with zero attached hydrogens (tertiary/aromatic N) is 8. The molecule has 4 aromatic heterocycles. The number of halogens is 3. The van der Waals surface area contributed by atoms with E-state index in [1.54, 1.807) is 36.8 Å². The molecule has 1 saturated heterocycles. The summed E-state index contributed by atoms with van der Waals surface area (Å²) in [6, 6.07) is 13.5. The van der Waals surface area contributed by atoms with Crippen LogP contribution in [0.3, 0.4) is 0 Å². The van der Waals surface area contributed by atoms with Crippen molar-refractivity contribution in [1.82, 2.24) is 44.3 Å². The van der Waals surface area contributed by atoms with E-state index in [-0.39, 0.29) is 23.6 Å². The van der Waals surface area contributed by atoms with E-state index in [4.69, 9.17) is 14.5 Å². The van der Waals surface area contributed by atoms with Gasteiger partial charge in [-0.05, 0) is 44.2 Å². The lowest BCUT2D eigenvalue weighted by Gasteiger charge is -2.41. The van der Waals surface area contributed by atoms with Crippen LogP contribution >= 0.6 is 0 Å². The molecule has 50 heavy (non-hydrogen) atoms. The number of H-pyrrole nitrogens is 1. The molecule has 1 unspecified atom stereocenters. The van der Waals surface area contributed by atoms with Gasteiger partial charge in [0.25, 0.3) is 0 Å². The number of carbonyl (C=O) groups is 1. The van der Waals surface area contributed by atoms with Crippen LogP contribution in [0.1, 0.15) is 36.2 Å². The lowest BCUT2D eigenvalue weighted by Crippen LogP contribution is -2.48. The van der Waals surface area contributed by atoms with Crippen LogP contribution in [0, 0.1) is 0 Å². The van der Waals surface area contributed by atoms with Crippen molar-refractivity contribution in [2.45, 2.75) is 44.2 Å². The number of carbonyl (C=O) groups excluding carboxylic acids is 1. The second-order valence-electron chi connectivity index (χ2n) is 12.2. The first kappa shape index (κ1) is 33.0. The highest BCUT2D eigenvalue weighted by Gasteiger charge is 2.40. The first-order chi connectivity index (χ1) is 24.1. The molecule has 5 heterocycles. The number of pyridine rings is 1. The Bertz CT molecular complexity index is 2150. The lowest BCUT2D eigenvalue weighted by atomic mass is 9.95. The zero-order valence-corrected chi connectivity index (χ0v) is 27.6. The van der Waals surface area contributed by atoms with Crippen molar-refractivity contribution in [3.8, 4) is 22.9 Å². The topological polar surface area (TPSA) is 127 Å². The minimum absolute atomic E-state index is 0.000509. The van der Waals surface area contributed by atoms with Crippen LogP contribution in [0.25, 0.3) is 33.2 Å². The van der Waals surface area contributed by atoms with Gasteiger partial charge >= 0.3 is 6.18 Å². The van der Waals surface area contributed by atoms with Crippen LogP contribution in [0.2, 0.25) is 0 Å². The summed E-state index contributed by atoms with van der Waals surface area (Å²) in [7, 11) is 4.95. The molecule has 12 nitrogen and oxygen atoms in total. The number of aromatic amines is 1. The van der Waals surface area contributed by atoms with Gasteiger partial charge in [0, 0.05) is 49.2 Å². The summed E-state index contributed by atoms with van der Waals surface area (Å²) in [5.74, 6) is -0.402. The van der Waals surface area contributed by atoms with E-state index in [0.29, 0.717) is 48.1 Å². The Morgan fingerprint density at radius 2 is 1.86 bits per heavy atom. The Morgan fingerprint density at radius 3 is 2.62 bits per heavy atom. The molecule has 1 aliphatic heterocycles. The Kier molecular flexibility index (Phi) is 8.82. The van der Waals surface area contributed by atoms with E-state index >= 15 is 0 Å². The van der Waals surface area contributed by atoms with Crippen LogP contribution < -0.4 is 9.47 Å². The number of piperidine rings is 1. The van der Waals surface area contributed by atoms with E-state index in [0.717, 1.165) is 21.2 Å². The average molecular weight is 686 g/mol. The molecule has 0 bridgehead atoms. The predicted molar refractivity (Wildman–Crippen MR) is 178 cm³/mol. The summed E-state index contributed by atoms with van der Waals surface area (Å²) in [5.41, 5.74) is 3.14. The Morgan fingerprint density at radius 1 is 1.02 bits per heavy atom. The summed E-state index contributed by atoms with van der Waals surface area (Å²) >= 11 is 0. The third-order valence-corrected chi connectivity index (χ3v) is 9.13. The Hall–Kier alpha value is -5.57. The SMILES string of the molecule is COc1ccc2nc(C(F)(F)F)n(CC(=O)N3CCC(N(C)Cc4cnccn4)C[C@H]3c3ncc(-c4cc5ccccc5nc4OC)[nH]3)c2c1. The van der Waals surface area contributed by atoms with Crippen LogP contribution in [0.4, 0.5) is 13.2 Å². The fourth-order valence-corrected chi connectivity index (χ4v) is 6.62. The van der Waals surface area contributed by atoms with Crippen molar-refractivity contribution >= 4 is 27.8 Å². The van der Waals surface area contributed by atoms with Gasteiger partial charge in [0.15, 0.2) is 0 Å². The maximum Gasteiger partial charge on any atom is 0.449 e. The normalized spacial score (nSPS) is 16.7. The molecule has 7 rings (SSSR count). The number of nitrogens with one attached hydrogen (secondary N) is 1. The highest BCUT2D eigenvalue weighted by atomic mass is 19.4. The summed E-state index contributed by atoms with van der Waals surface area (Å²) < 4.78 is 54.6. The molecular weight excluding hydrogens is 651 g/mol. The molecule has 0 saturated carbocycles. The maximum atomic E-state index is 14.3. The van der Waals surface area contributed by atoms with E-state index < -0.39 is 30.5 Å². The van der Waals surface area contributed by atoms with Crippen LogP contribution in [0.15, 0.2) is 73.3 Å². The van der Waals surface area contributed by atoms with Crippen molar-refractivity contribution in [2.24, 2.45) is 0 Å². The van der Waals surface area contributed by atoms with Gasteiger partial charge in [0.1, 0.15) is 18.1 Å². The van der Waals surface area contributed by atoms with Crippen molar-refractivity contribution in [3.63, 3.8) is 0 Å². The molecule has 2 atom stereocenters. The number of amides is 1. The fraction of sp³-hybridized carbons (Fsp3) is 0.314. The second kappa shape index (κ2) is 13.4. The number of methoxy groups -OCH3 is 2. The highest BCUT2D eigenvalue weighted by Crippen LogP contribution is 2.37. The maximum absolute atomic E-state index is 14.3. The molecule has 258 valence electrons.